The van der Waals surface area contributed by atoms with Crippen LogP contribution in [0.3, 0.4) is 0 Å². The molecule has 0 aliphatic carbocycles. The van der Waals surface area contributed by atoms with Crippen molar-refractivity contribution in [1.82, 2.24) is 5.32 Å². The predicted molar refractivity (Wildman–Crippen MR) is 125 cm³/mol. The van der Waals surface area contributed by atoms with E-state index in [0.29, 0.717) is 30.0 Å². The van der Waals surface area contributed by atoms with Crippen molar-refractivity contribution in [3.05, 3.63) is 95.1 Å². The maximum absolute atomic E-state index is 12.4. The average Bonchev–Trinajstić information content (AvgIpc) is 2.78. The van der Waals surface area contributed by atoms with E-state index in [1.54, 1.807) is 19.1 Å². The number of nitrogens with one attached hydrogen (secondary N) is 2. The minimum Gasteiger partial charge on any atom is -0.434 e. The van der Waals surface area contributed by atoms with Crippen molar-refractivity contribution < 1.29 is 23.9 Å². The number of carbonyl (C=O) groups is 3. The van der Waals surface area contributed by atoms with Gasteiger partial charge in [-0.2, -0.15) is 0 Å². The second-order valence-electron chi connectivity index (χ2n) is 7.41. The summed E-state index contributed by atoms with van der Waals surface area (Å²) < 4.78 is 9.69. The second kappa shape index (κ2) is 11.5. The molecule has 2 amide bonds. The lowest BCUT2D eigenvalue weighted by Gasteiger charge is -2.10. The van der Waals surface area contributed by atoms with E-state index in [0.717, 1.165) is 16.7 Å². The van der Waals surface area contributed by atoms with Gasteiger partial charge in [0.05, 0.1) is 13.0 Å². The topological polar surface area (TPSA) is 93.7 Å². The molecule has 33 heavy (non-hydrogen) atoms. The van der Waals surface area contributed by atoms with Crippen LogP contribution in [0.1, 0.15) is 34.0 Å². The molecular formula is C26H26N2O5. The molecule has 3 aromatic carbocycles. The van der Waals surface area contributed by atoms with Crippen molar-refractivity contribution in [2.45, 2.75) is 26.8 Å². The molecule has 0 spiro atoms. The van der Waals surface area contributed by atoms with E-state index >= 15 is 0 Å². The summed E-state index contributed by atoms with van der Waals surface area (Å²) in [4.78, 5) is 36.1. The molecule has 0 fully saturated rings. The van der Waals surface area contributed by atoms with Crippen molar-refractivity contribution >= 4 is 23.7 Å². The monoisotopic (exact) mass is 446 g/mol. The van der Waals surface area contributed by atoms with Crippen molar-refractivity contribution in [3.63, 3.8) is 0 Å². The highest BCUT2D eigenvalue weighted by Gasteiger charge is 2.09. The standard InChI is InChI=1S/C26H26N2O5/c1-3-32-26(31)33-23-12-10-21(11-13-23)25(30)27-17-20-8-5-9-22(15-20)28-24(29)16-19-7-4-6-18(2)14-19/h4-15H,3,16-17H2,1-2H3,(H,27,30)(H,28,29). The van der Waals surface area contributed by atoms with Crippen molar-refractivity contribution in [2.75, 3.05) is 11.9 Å². The van der Waals surface area contributed by atoms with E-state index in [1.807, 2.05) is 55.5 Å². The fraction of sp³-hybridized carbons (Fsp3) is 0.192. The van der Waals surface area contributed by atoms with E-state index in [1.165, 1.54) is 12.1 Å². The normalized spacial score (nSPS) is 10.2. The molecule has 0 atom stereocenters. The molecule has 0 aliphatic heterocycles. The number of hydrogen-bond donors (Lipinski definition) is 2. The van der Waals surface area contributed by atoms with Crippen LogP contribution < -0.4 is 15.4 Å². The van der Waals surface area contributed by atoms with Gasteiger partial charge >= 0.3 is 6.16 Å². The van der Waals surface area contributed by atoms with Gasteiger partial charge in [0.25, 0.3) is 5.91 Å². The number of carbonyl (C=O) groups excluding carboxylic acids is 3. The molecule has 3 aromatic rings. The minimum absolute atomic E-state index is 0.105. The quantitative estimate of drug-likeness (QED) is 0.388. The SMILES string of the molecule is CCOC(=O)Oc1ccc(C(=O)NCc2cccc(NC(=O)Cc3cccc(C)c3)c2)cc1. The Morgan fingerprint density at radius 1 is 0.879 bits per heavy atom. The van der Waals surface area contributed by atoms with Gasteiger partial charge in [0, 0.05) is 17.8 Å². The Bertz CT molecular complexity index is 1130. The smallest absolute Gasteiger partial charge is 0.434 e. The van der Waals surface area contributed by atoms with Gasteiger partial charge in [-0.25, -0.2) is 4.79 Å². The molecular weight excluding hydrogens is 420 g/mol. The molecule has 0 saturated carbocycles. The zero-order chi connectivity index (χ0) is 23.6. The Morgan fingerprint density at radius 2 is 1.61 bits per heavy atom. The molecule has 0 heterocycles. The largest absolute Gasteiger partial charge is 0.513 e. The average molecular weight is 447 g/mol. The van der Waals surface area contributed by atoms with Gasteiger partial charge in [-0.3, -0.25) is 9.59 Å². The summed E-state index contributed by atoms with van der Waals surface area (Å²) in [6, 6.07) is 21.3. The maximum atomic E-state index is 12.4. The summed E-state index contributed by atoms with van der Waals surface area (Å²) in [6.45, 7) is 4.19. The highest BCUT2D eigenvalue weighted by molar-refractivity contribution is 5.94. The third kappa shape index (κ3) is 7.50. The molecule has 170 valence electrons. The van der Waals surface area contributed by atoms with Gasteiger partial charge in [-0.1, -0.05) is 42.0 Å². The van der Waals surface area contributed by atoms with Gasteiger partial charge in [0.15, 0.2) is 0 Å². The Morgan fingerprint density at radius 3 is 2.33 bits per heavy atom. The third-order valence-corrected chi connectivity index (χ3v) is 4.69. The van der Waals surface area contributed by atoms with Crippen LogP contribution in [0.25, 0.3) is 0 Å². The Labute approximate surface area is 192 Å². The number of aryl methyl sites for hydroxylation is 1. The molecule has 0 radical (unpaired) electrons. The number of ether oxygens (including phenoxy) is 2. The molecule has 0 saturated heterocycles. The molecule has 0 aromatic heterocycles. The first-order chi connectivity index (χ1) is 15.9. The summed E-state index contributed by atoms with van der Waals surface area (Å²) in [5.74, 6) is -0.0856. The number of rotatable bonds is 8. The highest BCUT2D eigenvalue weighted by Crippen LogP contribution is 2.15. The van der Waals surface area contributed by atoms with Crippen LogP contribution in [0.15, 0.2) is 72.8 Å². The summed E-state index contributed by atoms with van der Waals surface area (Å²) in [6.07, 6.45) is -0.501. The van der Waals surface area contributed by atoms with Crippen molar-refractivity contribution in [2.24, 2.45) is 0 Å². The van der Waals surface area contributed by atoms with Crippen LogP contribution in [-0.2, 0) is 22.5 Å². The van der Waals surface area contributed by atoms with Crippen LogP contribution >= 0.6 is 0 Å². The van der Waals surface area contributed by atoms with E-state index in [-0.39, 0.29) is 18.4 Å². The second-order valence-corrected chi connectivity index (χ2v) is 7.41. The molecule has 7 nitrogen and oxygen atoms in total. The zero-order valence-electron chi connectivity index (χ0n) is 18.6. The first kappa shape index (κ1) is 23.5. The third-order valence-electron chi connectivity index (χ3n) is 4.69. The number of hydrogen-bond acceptors (Lipinski definition) is 5. The van der Waals surface area contributed by atoms with Crippen molar-refractivity contribution in [3.8, 4) is 5.75 Å². The Hall–Kier alpha value is -4.13. The number of anilines is 1. The van der Waals surface area contributed by atoms with Gasteiger partial charge in [-0.05, 0) is 61.4 Å². The van der Waals surface area contributed by atoms with Crippen LogP contribution in [0.5, 0.6) is 5.75 Å². The lowest BCUT2D eigenvalue weighted by Crippen LogP contribution is -2.23. The fourth-order valence-corrected chi connectivity index (χ4v) is 3.17. The number of amides is 2. The zero-order valence-corrected chi connectivity index (χ0v) is 18.6. The van der Waals surface area contributed by atoms with E-state index in [4.69, 9.17) is 9.47 Å². The number of benzene rings is 3. The Balaban J connectivity index is 1.52. The van der Waals surface area contributed by atoms with E-state index in [9.17, 15) is 14.4 Å². The van der Waals surface area contributed by atoms with Crippen molar-refractivity contribution in [1.29, 1.82) is 0 Å². The highest BCUT2D eigenvalue weighted by atomic mass is 16.7. The van der Waals surface area contributed by atoms with Gasteiger partial charge in [-0.15, -0.1) is 0 Å². The van der Waals surface area contributed by atoms with Crippen LogP contribution in [0.4, 0.5) is 10.5 Å². The molecule has 0 aliphatic rings. The lowest BCUT2D eigenvalue weighted by molar-refractivity contribution is -0.115. The van der Waals surface area contributed by atoms with E-state index in [2.05, 4.69) is 10.6 Å². The van der Waals surface area contributed by atoms with Crippen LogP contribution in [-0.4, -0.2) is 24.6 Å². The summed E-state index contributed by atoms with van der Waals surface area (Å²) in [5.41, 5.74) is 4.00. The fourth-order valence-electron chi connectivity index (χ4n) is 3.17. The summed E-state index contributed by atoms with van der Waals surface area (Å²) >= 11 is 0. The first-order valence-electron chi connectivity index (χ1n) is 10.6. The molecule has 0 unspecified atom stereocenters. The van der Waals surface area contributed by atoms with Gasteiger partial charge in [0.1, 0.15) is 5.75 Å². The van der Waals surface area contributed by atoms with Crippen LogP contribution in [0, 0.1) is 6.92 Å². The minimum atomic E-state index is -0.791. The van der Waals surface area contributed by atoms with Crippen LogP contribution in [0.2, 0.25) is 0 Å². The molecule has 0 bridgehead atoms. The molecule has 2 N–H and O–H groups in total. The lowest BCUT2D eigenvalue weighted by atomic mass is 10.1. The molecule has 3 rings (SSSR count). The van der Waals surface area contributed by atoms with E-state index < -0.39 is 6.16 Å². The first-order valence-corrected chi connectivity index (χ1v) is 10.6. The summed E-state index contributed by atoms with van der Waals surface area (Å²) in [5, 5.41) is 5.74. The van der Waals surface area contributed by atoms with Gasteiger partial charge in [0.2, 0.25) is 5.91 Å². The maximum Gasteiger partial charge on any atom is 0.513 e. The Kier molecular flexibility index (Phi) is 8.18. The van der Waals surface area contributed by atoms with Gasteiger partial charge < -0.3 is 20.1 Å². The molecule has 7 heteroatoms. The predicted octanol–water partition coefficient (Wildman–Crippen LogP) is 4.64. The summed E-state index contributed by atoms with van der Waals surface area (Å²) in [7, 11) is 0.